The fourth-order valence-electron chi connectivity index (χ4n) is 6.18. The highest BCUT2D eigenvalue weighted by Crippen LogP contribution is 2.65. The Bertz CT molecular complexity index is 813. The molecule has 4 aliphatic rings. The summed E-state index contributed by atoms with van der Waals surface area (Å²) in [5.74, 6) is 2.51. The standard InChI is InChI=1S/C20H26N4O4/c1-19(2,20-9-13-5-14(10-20)7-15(6-13)11-20)12-21-22-17-4-3-16(23(25)26)8-18(17)24(27)28/h3-4,8,12-15,22H,5-7,9-11H2,1-2H3. The van der Waals surface area contributed by atoms with Gasteiger partial charge in [0.1, 0.15) is 5.69 Å². The Morgan fingerprint density at radius 2 is 1.64 bits per heavy atom. The van der Waals surface area contributed by atoms with Crippen LogP contribution in [-0.2, 0) is 0 Å². The third kappa shape index (κ3) is 3.14. The first-order valence-electron chi connectivity index (χ1n) is 9.92. The van der Waals surface area contributed by atoms with Gasteiger partial charge in [0.05, 0.1) is 15.9 Å². The van der Waals surface area contributed by atoms with E-state index in [1.54, 1.807) is 0 Å². The van der Waals surface area contributed by atoms with E-state index in [1.807, 2.05) is 6.21 Å². The topological polar surface area (TPSA) is 111 Å². The van der Waals surface area contributed by atoms with Crippen molar-refractivity contribution in [2.45, 2.75) is 52.4 Å². The first-order valence-corrected chi connectivity index (χ1v) is 9.92. The Morgan fingerprint density at radius 3 is 2.14 bits per heavy atom. The average molecular weight is 386 g/mol. The number of anilines is 1. The van der Waals surface area contributed by atoms with E-state index in [1.165, 1.54) is 50.7 Å². The Balaban J connectivity index is 1.53. The van der Waals surface area contributed by atoms with Crippen molar-refractivity contribution in [3.8, 4) is 0 Å². The van der Waals surface area contributed by atoms with Gasteiger partial charge in [0.25, 0.3) is 5.69 Å². The predicted octanol–water partition coefficient (Wildman–Crippen LogP) is 5.14. The molecule has 0 spiro atoms. The number of nitrogens with one attached hydrogen (secondary N) is 1. The van der Waals surface area contributed by atoms with Gasteiger partial charge in [0, 0.05) is 17.7 Å². The molecule has 4 fully saturated rings. The van der Waals surface area contributed by atoms with Crippen LogP contribution >= 0.6 is 0 Å². The van der Waals surface area contributed by atoms with Crippen LogP contribution in [0.2, 0.25) is 0 Å². The fraction of sp³-hybridized carbons (Fsp3) is 0.650. The fourth-order valence-corrected chi connectivity index (χ4v) is 6.18. The Labute approximate surface area is 163 Å². The van der Waals surface area contributed by atoms with Gasteiger partial charge in [-0.05, 0) is 67.8 Å². The molecule has 0 saturated heterocycles. The first kappa shape index (κ1) is 18.8. The summed E-state index contributed by atoms with van der Waals surface area (Å²) in [6, 6.07) is 3.54. The number of benzene rings is 1. The van der Waals surface area contributed by atoms with Crippen molar-refractivity contribution in [2.75, 3.05) is 5.43 Å². The van der Waals surface area contributed by atoms with Gasteiger partial charge in [-0.3, -0.25) is 25.7 Å². The number of nitrogens with zero attached hydrogens (tertiary/aromatic N) is 3. The highest BCUT2D eigenvalue weighted by molar-refractivity contribution is 5.70. The molecule has 4 saturated carbocycles. The summed E-state index contributed by atoms with van der Waals surface area (Å²) in [6.07, 6.45) is 9.76. The quantitative estimate of drug-likeness (QED) is 0.413. The summed E-state index contributed by atoms with van der Waals surface area (Å²) in [7, 11) is 0. The van der Waals surface area contributed by atoms with Crippen LogP contribution in [0, 0.1) is 48.8 Å². The molecule has 0 aliphatic heterocycles. The van der Waals surface area contributed by atoms with Crippen molar-refractivity contribution in [2.24, 2.45) is 33.7 Å². The van der Waals surface area contributed by atoms with Gasteiger partial charge in [-0.1, -0.05) is 13.8 Å². The minimum absolute atomic E-state index is 0.119. The van der Waals surface area contributed by atoms with Gasteiger partial charge in [-0.2, -0.15) is 5.10 Å². The lowest BCUT2D eigenvalue weighted by molar-refractivity contribution is -0.393. The van der Waals surface area contributed by atoms with E-state index in [-0.39, 0.29) is 27.9 Å². The van der Waals surface area contributed by atoms with Gasteiger partial charge in [-0.15, -0.1) is 0 Å². The SMILES string of the molecule is CC(C)(C=NNc1ccc([N+](=O)[O-])cc1[N+](=O)[O-])C12CC3CC(CC(C3)C1)C2. The number of nitro groups is 2. The molecular formula is C20H26N4O4. The van der Waals surface area contributed by atoms with E-state index >= 15 is 0 Å². The third-order valence-electron chi connectivity index (χ3n) is 7.37. The van der Waals surface area contributed by atoms with Crippen LogP contribution in [-0.4, -0.2) is 16.1 Å². The molecule has 0 radical (unpaired) electrons. The number of hydrogen-bond acceptors (Lipinski definition) is 6. The monoisotopic (exact) mass is 386 g/mol. The zero-order valence-corrected chi connectivity index (χ0v) is 16.3. The molecule has 8 heteroatoms. The summed E-state index contributed by atoms with van der Waals surface area (Å²) in [4.78, 5) is 20.9. The molecular weight excluding hydrogens is 360 g/mol. The molecule has 0 aromatic heterocycles. The molecule has 1 aromatic carbocycles. The van der Waals surface area contributed by atoms with Crippen molar-refractivity contribution in [3.05, 3.63) is 38.4 Å². The Hall–Kier alpha value is -2.51. The summed E-state index contributed by atoms with van der Waals surface area (Å²) in [6.45, 7) is 4.44. The summed E-state index contributed by atoms with van der Waals surface area (Å²) >= 11 is 0. The lowest BCUT2D eigenvalue weighted by Crippen LogP contribution is -2.53. The number of hydrogen-bond donors (Lipinski definition) is 1. The van der Waals surface area contributed by atoms with E-state index < -0.39 is 9.85 Å². The molecule has 5 rings (SSSR count). The zero-order chi connectivity index (χ0) is 20.1. The number of hydrazone groups is 1. The van der Waals surface area contributed by atoms with E-state index in [9.17, 15) is 20.2 Å². The van der Waals surface area contributed by atoms with Crippen molar-refractivity contribution in [1.82, 2.24) is 0 Å². The zero-order valence-electron chi connectivity index (χ0n) is 16.3. The van der Waals surface area contributed by atoms with Crippen LogP contribution in [0.25, 0.3) is 0 Å². The van der Waals surface area contributed by atoms with Crippen molar-refractivity contribution < 1.29 is 9.85 Å². The lowest BCUT2D eigenvalue weighted by atomic mass is 9.43. The van der Waals surface area contributed by atoms with E-state index in [2.05, 4.69) is 24.4 Å². The number of non-ortho nitro benzene ring substituents is 1. The smallest absolute Gasteiger partial charge is 0.272 e. The van der Waals surface area contributed by atoms with E-state index in [0.29, 0.717) is 0 Å². The highest BCUT2D eigenvalue weighted by Gasteiger charge is 2.56. The highest BCUT2D eigenvalue weighted by atomic mass is 16.6. The molecule has 4 aliphatic carbocycles. The lowest BCUT2D eigenvalue weighted by Gasteiger charge is -2.61. The van der Waals surface area contributed by atoms with Gasteiger partial charge in [0.2, 0.25) is 0 Å². The summed E-state index contributed by atoms with van der Waals surface area (Å²) in [5, 5.41) is 26.5. The van der Waals surface area contributed by atoms with Gasteiger partial charge in [0.15, 0.2) is 0 Å². The molecule has 0 atom stereocenters. The van der Waals surface area contributed by atoms with Crippen LogP contribution in [0.4, 0.5) is 17.1 Å². The molecule has 1 aromatic rings. The van der Waals surface area contributed by atoms with Crippen LogP contribution < -0.4 is 5.43 Å². The van der Waals surface area contributed by atoms with Crippen LogP contribution in [0.5, 0.6) is 0 Å². The third-order valence-corrected chi connectivity index (χ3v) is 7.37. The molecule has 4 bridgehead atoms. The molecule has 1 N–H and O–H groups in total. The normalized spacial score (nSPS) is 31.3. The molecule has 0 amide bonds. The molecule has 150 valence electrons. The largest absolute Gasteiger partial charge is 0.301 e. The van der Waals surface area contributed by atoms with E-state index in [0.717, 1.165) is 23.8 Å². The maximum atomic E-state index is 11.3. The second-order valence-corrected chi connectivity index (χ2v) is 9.51. The molecule has 0 heterocycles. The van der Waals surface area contributed by atoms with Gasteiger partial charge in [-0.25, -0.2) is 0 Å². The van der Waals surface area contributed by atoms with Gasteiger partial charge < -0.3 is 0 Å². The van der Waals surface area contributed by atoms with Crippen LogP contribution in [0.1, 0.15) is 52.4 Å². The summed E-state index contributed by atoms with van der Waals surface area (Å²) in [5.41, 5.74) is 2.39. The van der Waals surface area contributed by atoms with Crippen molar-refractivity contribution >= 4 is 23.3 Å². The minimum Gasteiger partial charge on any atom is -0.272 e. The van der Waals surface area contributed by atoms with Gasteiger partial charge >= 0.3 is 5.69 Å². The maximum absolute atomic E-state index is 11.3. The second-order valence-electron chi connectivity index (χ2n) is 9.51. The molecule has 0 unspecified atom stereocenters. The summed E-state index contributed by atoms with van der Waals surface area (Å²) < 4.78 is 0. The Kier molecular flexibility index (Phi) is 4.39. The Morgan fingerprint density at radius 1 is 1.07 bits per heavy atom. The number of rotatable bonds is 6. The predicted molar refractivity (Wildman–Crippen MR) is 106 cm³/mol. The average Bonchev–Trinajstić information content (AvgIpc) is 2.60. The molecule has 8 nitrogen and oxygen atoms in total. The van der Waals surface area contributed by atoms with Crippen molar-refractivity contribution in [3.63, 3.8) is 0 Å². The molecule has 28 heavy (non-hydrogen) atoms. The first-order chi connectivity index (χ1) is 13.2. The second kappa shape index (κ2) is 6.53. The van der Waals surface area contributed by atoms with Crippen molar-refractivity contribution in [1.29, 1.82) is 0 Å². The van der Waals surface area contributed by atoms with Crippen LogP contribution in [0.15, 0.2) is 23.3 Å². The van der Waals surface area contributed by atoms with Crippen LogP contribution in [0.3, 0.4) is 0 Å². The minimum atomic E-state index is -0.643. The maximum Gasteiger partial charge on any atom is 0.301 e. The van der Waals surface area contributed by atoms with E-state index in [4.69, 9.17) is 0 Å². The number of nitro benzene ring substituents is 2.